The number of nitrogens with zero attached hydrogens (tertiary/aromatic N) is 1. The highest BCUT2D eigenvalue weighted by molar-refractivity contribution is 5.02. The lowest BCUT2D eigenvalue weighted by Crippen LogP contribution is -1.97. The van der Waals surface area contributed by atoms with Crippen molar-refractivity contribution < 1.29 is 1.37 Å². The van der Waals surface area contributed by atoms with E-state index in [1.54, 1.807) is 18.3 Å². The molecule has 0 unspecified atom stereocenters. The topological polar surface area (TPSA) is 38.9 Å². The standard InChI is InChI=1S/C6H8N2/c7-5-6-3-1-2-4-8-6/h1-4H,5,7H2/i3D. The maximum Gasteiger partial charge on any atom is 0.0642 e. The van der Waals surface area contributed by atoms with Crippen LogP contribution in [0.2, 0.25) is 0 Å². The van der Waals surface area contributed by atoms with Gasteiger partial charge in [-0.15, -0.1) is 0 Å². The van der Waals surface area contributed by atoms with Gasteiger partial charge >= 0.3 is 0 Å². The Morgan fingerprint density at radius 2 is 2.62 bits per heavy atom. The molecule has 2 nitrogen and oxygen atoms in total. The third-order valence-electron chi connectivity index (χ3n) is 0.856. The molecule has 2 heteroatoms. The number of aromatic nitrogens is 1. The van der Waals surface area contributed by atoms with Gasteiger partial charge in [0.05, 0.1) is 7.06 Å². The predicted molar refractivity (Wildman–Crippen MR) is 32.1 cm³/mol. The second-order valence-electron chi connectivity index (χ2n) is 1.43. The lowest BCUT2D eigenvalue weighted by Gasteiger charge is -1.89. The molecular weight excluding hydrogens is 100 g/mol. The maximum atomic E-state index is 7.23. The minimum Gasteiger partial charge on any atom is -0.325 e. The first kappa shape index (κ1) is 4.04. The molecule has 8 heavy (non-hydrogen) atoms. The molecule has 0 saturated carbocycles. The third-order valence-corrected chi connectivity index (χ3v) is 0.856. The average molecular weight is 109 g/mol. The zero-order valence-electron chi connectivity index (χ0n) is 5.46. The molecule has 0 aliphatic rings. The highest BCUT2D eigenvalue weighted by atomic mass is 14.7. The number of nitrogens with two attached hydrogens (primary N) is 1. The molecule has 0 saturated heterocycles. The fourth-order valence-electron chi connectivity index (χ4n) is 0.469. The lowest BCUT2D eigenvalue weighted by atomic mass is 10.4. The Morgan fingerprint density at radius 1 is 1.75 bits per heavy atom. The van der Waals surface area contributed by atoms with Gasteiger partial charge < -0.3 is 5.73 Å². The van der Waals surface area contributed by atoms with Gasteiger partial charge in [-0.25, -0.2) is 0 Å². The van der Waals surface area contributed by atoms with E-state index in [4.69, 9.17) is 7.10 Å². The minimum absolute atomic E-state index is 0.347. The van der Waals surface area contributed by atoms with E-state index >= 15 is 0 Å². The van der Waals surface area contributed by atoms with Gasteiger partial charge in [0.1, 0.15) is 0 Å². The Balaban J connectivity index is 3.01. The van der Waals surface area contributed by atoms with E-state index in [1.807, 2.05) is 0 Å². The van der Waals surface area contributed by atoms with Crippen molar-refractivity contribution >= 4 is 0 Å². The summed E-state index contributed by atoms with van der Waals surface area (Å²) in [4.78, 5) is 3.88. The van der Waals surface area contributed by atoms with Crippen molar-refractivity contribution in [3.8, 4) is 0 Å². The van der Waals surface area contributed by atoms with Crippen LogP contribution in [-0.4, -0.2) is 4.98 Å². The van der Waals surface area contributed by atoms with Crippen molar-refractivity contribution in [3.63, 3.8) is 0 Å². The second-order valence-corrected chi connectivity index (χ2v) is 1.43. The van der Waals surface area contributed by atoms with E-state index in [9.17, 15) is 0 Å². The molecule has 1 heterocycles. The molecule has 2 N–H and O–H groups in total. The monoisotopic (exact) mass is 109 g/mol. The van der Waals surface area contributed by atoms with Crippen LogP contribution < -0.4 is 5.73 Å². The van der Waals surface area contributed by atoms with Gasteiger partial charge in [0.15, 0.2) is 0 Å². The Hall–Kier alpha value is -0.890. The van der Waals surface area contributed by atoms with E-state index in [0.29, 0.717) is 18.3 Å². The van der Waals surface area contributed by atoms with Crippen LogP contribution in [0.1, 0.15) is 7.06 Å². The summed E-state index contributed by atoms with van der Waals surface area (Å²) in [7, 11) is 0. The summed E-state index contributed by atoms with van der Waals surface area (Å²) in [6.45, 7) is 0.347. The van der Waals surface area contributed by atoms with Crippen molar-refractivity contribution in [1.82, 2.24) is 4.98 Å². The highest BCUT2D eigenvalue weighted by Crippen LogP contribution is 1.88. The van der Waals surface area contributed by atoms with Crippen molar-refractivity contribution in [3.05, 3.63) is 30.1 Å². The summed E-state index contributed by atoms with van der Waals surface area (Å²) >= 11 is 0. The van der Waals surface area contributed by atoms with Crippen LogP contribution in [-0.2, 0) is 6.54 Å². The number of pyridine rings is 1. The molecule has 0 aliphatic carbocycles. The Morgan fingerprint density at radius 3 is 3.12 bits per heavy atom. The van der Waals surface area contributed by atoms with Gasteiger partial charge in [0.25, 0.3) is 0 Å². The van der Waals surface area contributed by atoms with Gasteiger partial charge in [-0.2, -0.15) is 0 Å². The van der Waals surface area contributed by atoms with E-state index in [1.165, 1.54) is 0 Å². The summed E-state index contributed by atoms with van der Waals surface area (Å²) in [5, 5.41) is 0. The second kappa shape index (κ2) is 2.43. The normalized spacial score (nSPS) is 10.9. The van der Waals surface area contributed by atoms with Crippen LogP contribution in [0, 0.1) is 0 Å². The van der Waals surface area contributed by atoms with Crippen LogP contribution in [0.15, 0.2) is 24.4 Å². The van der Waals surface area contributed by atoms with Crippen LogP contribution in [0.4, 0.5) is 0 Å². The molecule has 1 aromatic rings. The molecular formula is C6H8N2. The zero-order valence-corrected chi connectivity index (χ0v) is 4.46. The summed E-state index contributed by atoms with van der Waals surface area (Å²) in [5.74, 6) is 0. The molecule has 0 radical (unpaired) electrons. The summed E-state index contributed by atoms with van der Waals surface area (Å²) in [5.41, 5.74) is 5.92. The SMILES string of the molecule is [2H]c1cccnc1CN. The van der Waals surface area contributed by atoms with Crippen LogP contribution in [0.5, 0.6) is 0 Å². The summed E-state index contributed by atoms with van der Waals surface area (Å²) < 4.78 is 7.23. The van der Waals surface area contributed by atoms with Crippen molar-refractivity contribution in [2.45, 2.75) is 6.54 Å². The minimum atomic E-state index is 0.347. The number of hydrogen-bond donors (Lipinski definition) is 1. The number of rotatable bonds is 1. The fraction of sp³-hybridized carbons (Fsp3) is 0.167. The van der Waals surface area contributed by atoms with Gasteiger partial charge in [-0.05, 0) is 12.1 Å². The first-order valence-electron chi connectivity index (χ1n) is 2.95. The largest absolute Gasteiger partial charge is 0.325 e. The van der Waals surface area contributed by atoms with E-state index in [2.05, 4.69) is 4.98 Å². The smallest absolute Gasteiger partial charge is 0.0642 e. The quantitative estimate of drug-likeness (QED) is 0.571. The predicted octanol–water partition coefficient (Wildman–Crippen LogP) is 0.540. The Labute approximate surface area is 49.8 Å². The first-order chi connectivity index (χ1) is 4.34. The van der Waals surface area contributed by atoms with Crippen molar-refractivity contribution in [1.29, 1.82) is 0 Å². The summed E-state index contributed by atoms with van der Waals surface area (Å²) in [6.07, 6.45) is 1.64. The van der Waals surface area contributed by atoms with Gasteiger partial charge in [-0.1, -0.05) is 6.07 Å². The van der Waals surface area contributed by atoms with Gasteiger partial charge in [0, 0.05) is 12.7 Å². The van der Waals surface area contributed by atoms with Gasteiger partial charge in [0.2, 0.25) is 0 Å². The molecule has 0 spiro atoms. The van der Waals surface area contributed by atoms with E-state index < -0.39 is 0 Å². The molecule has 1 rings (SSSR count). The molecule has 0 fully saturated rings. The maximum absolute atomic E-state index is 7.23. The van der Waals surface area contributed by atoms with E-state index in [-0.39, 0.29) is 0 Å². The average Bonchev–Trinajstić information content (AvgIpc) is 1.89. The number of hydrogen-bond acceptors (Lipinski definition) is 2. The van der Waals surface area contributed by atoms with Crippen LogP contribution in [0.3, 0.4) is 0 Å². The third kappa shape index (κ3) is 1.04. The molecule has 42 valence electrons. The molecule has 0 aliphatic heterocycles. The molecule has 0 atom stereocenters. The Bertz CT molecular complexity index is 200. The van der Waals surface area contributed by atoms with E-state index in [0.717, 1.165) is 0 Å². The van der Waals surface area contributed by atoms with Crippen LogP contribution in [0.25, 0.3) is 0 Å². The molecule has 0 bridgehead atoms. The fourth-order valence-corrected chi connectivity index (χ4v) is 0.469. The Kier molecular flexibility index (Phi) is 1.22. The molecule has 0 amide bonds. The van der Waals surface area contributed by atoms with Crippen LogP contribution >= 0.6 is 0 Å². The molecule has 1 aromatic heterocycles. The summed E-state index contributed by atoms with van der Waals surface area (Å²) in [6, 6.07) is 3.82. The first-order valence-corrected chi connectivity index (χ1v) is 2.45. The van der Waals surface area contributed by atoms with Gasteiger partial charge in [-0.3, -0.25) is 4.98 Å². The zero-order chi connectivity index (χ0) is 6.69. The van der Waals surface area contributed by atoms with Crippen molar-refractivity contribution in [2.75, 3.05) is 0 Å². The highest BCUT2D eigenvalue weighted by Gasteiger charge is 1.81. The van der Waals surface area contributed by atoms with Crippen molar-refractivity contribution in [2.24, 2.45) is 5.73 Å². The lowest BCUT2D eigenvalue weighted by molar-refractivity contribution is 0.991. The molecule has 0 aromatic carbocycles.